The number of carbonyl (C=O) groups excluding carboxylic acids is 1. The Labute approximate surface area is 247 Å². The molecule has 1 aromatic heterocycles. The van der Waals surface area contributed by atoms with Crippen molar-refractivity contribution in [1.29, 1.82) is 0 Å². The summed E-state index contributed by atoms with van der Waals surface area (Å²) in [5.74, 6) is 0.879. The molecule has 4 bridgehead atoms. The zero-order chi connectivity index (χ0) is 30.5. The Morgan fingerprint density at radius 1 is 1.09 bits per heavy atom. The van der Waals surface area contributed by atoms with Crippen LogP contribution in [0.15, 0.2) is 42.6 Å². The van der Waals surface area contributed by atoms with Crippen LogP contribution in [-0.2, 0) is 6.18 Å². The second kappa shape index (κ2) is 10.9. The average Bonchev–Trinajstić information content (AvgIpc) is 2.95. The first-order chi connectivity index (χ1) is 20.5. The number of methoxy groups -OCH3 is 1. The van der Waals surface area contributed by atoms with Gasteiger partial charge in [0.25, 0.3) is 5.91 Å². The smallest absolute Gasteiger partial charge is 0.421 e. The van der Waals surface area contributed by atoms with Gasteiger partial charge in [0.05, 0.1) is 29.6 Å². The summed E-state index contributed by atoms with van der Waals surface area (Å²) in [6.07, 6.45) is 0.786. The Bertz CT molecular complexity index is 1530. The maximum Gasteiger partial charge on any atom is 0.421 e. The van der Waals surface area contributed by atoms with Crippen LogP contribution in [0.1, 0.15) is 53.6 Å². The van der Waals surface area contributed by atoms with E-state index in [0.717, 1.165) is 37.8 Å². The van der Waals surface area contributed by atoms with Crippen molar-refractivity contribution in [3.8, 4) is 5.75 Å². The highest BCUT2D eigenvalue weighted by molar-refractivity contribution is 6.00. The van der Waals surface area contributed by atoms with E-state index < -0.39 is 29.1 Å². The number of aliphatic hydroxyl groups is 1. The van der Waals surface area contributed by atoms with Crippen LogP contribution in [-0.4, -0.2) is 46.8 Å². The molecule has 2 atom stereocenters. The molecule has 228 valence electrons. The Hall–Kier alpha value is -4.06. The SMILES string of the molecule is CNC(=O)c1cccc(C)c1Nc1nc(Nc2ccc(NC3C4CC5CC3CC(O)(C5)C4)cc2OC)ncc1C(F)(F)F. The third-order valence-electron chi connectivity index (χ3n) is 9.10. The van der Waals surface area contributed by atoms with Crippen molar-refractivity contribution in [1.82, 2.24) is 15.3 Å². The molecule has 7 rings (SSSR count). The fourth-order valence-electron chi connectivity index (χ4n) is 7.43. The third kappa shape index (κ3) is 5.67. The molecule has 4 aliphatic carbocycles. The summed E-state index contributed by atoms with van der Waals surface area (Å²) in [6, 6.07) is 10.6. The number of carbonyl (C=O) groups is 1. The molecular formula is C31H35F3N6O3. The normalized spacial score (nSPS) is 25.7. The van der Waals surface area contributed by atoms with Crippen LogP contribution in [0.3, 0.4) is 0 Å². The first-order valence-electron chi connectivity index (χ1n) is 14.4. The summed E-state index contributed by atoms with van der Waals surface area (Å²) in [6.45, 7) is 1.69. The maximum absolute atomic E-state index is 14.0. The minimum Gasteiger partial charge on any atom is -0.494 e. The number of ether oxygens (including phenoxy) is 1. The lowest BCUT2D eigenvalue weighted by Crippen LogP contribution is -2.58. The first-order valence-corrected chi connectivity index (χ1v) is 14.4. The van der Waals surface area contributed by atoms with Gasteiger partial charge in [-0.15, -0.1) is 0 Å². The summed E-state index contributed by atoms with van der Waals surface area (Å²) in [4.78, 5) is 20.5. The number of amides is 1. The summed E-state index contributed by atoms with van der Waals surface area (Å²) in [7, 11) is 2.96. The Balaban J connectivity index is 1.25. The highest BCUT2D eigenvalue weighted by Gasteiger charge is 2.54. The lowest BCUT2D eigenvalue weighted by molar-refractivity contribution is -0.137. The second-order valence-electron chi connectivity index (χ2n) is 12.1. The van der Waals surface area contributed by atoms with Crippen LogP contribution in [0.4, 0.5) is 42.0 Å². The minimum atomic E-state index is -4.74. The predicted molar refractivity (Wildman–Crippen MR) is 157 cm³/mol. The number of nitrogens with one attached hydrogen (secondary N) is 4. The number of halogens is 3. The Morgan fingerprint density at radius 2 is 1.84 bits per heavy atom. The van der Waals surface area contributed by atoms with Gasteiger partial charge in [-0.3, -0.25) is 4.79 Å². The number of hydrogen-bond acceptors (Lipinski definition) is 8. The number of anilines is 5. The Morgan fingerprint density at radius 3 is 2.49 bits per heavy atom. The molecule has 4 saturated carbocycles. The van der Waals surface area contributed by atoms with Crippen molar-refractivity contribution in [2.75, 3.05) is 30.1 Å². The highest BCUT2D eigenvalue weighted by Crippen LogP contribution is 2.56. The van der Waals surface area contributed by atoms with Gasteiger partial charge in [0, 0.05) is 31.0 Å². The summed E-state index contributed by atoms with van der Waals surface area (Å²) < 4.78 is 47.5. The van der Waals surface area contributed by atoms with Gasteiger partial charge < -0.3 is 31.1 Å². The molecule has 3 aromatic rings. The summed E-state index contributed by atoms with van der Waals surface area (Å²) in [5.41, 5.74) is 0.711. The van der Waals surface area contributed by atoms with E-state index >= 15 is 0 Å². The minimum absolute atomic E-state index is 0.0844. The lowest BCUT2D eigenvalue weighted by Gasteiger charge is -2.58. The topological polar surface area (TPSA) is 120 Å². The van der Waals surface area contributed by atoms with Crippen LogP contribution in [0.25, 0.3) is 0 Å². The number of alkyl halides is 3. The van der Waals surface area contributed by atoms with Gasteiger partial charge in [0.15, 0.2) is 0 Å². The number of para-hydroxylation sites is 1. The van der Waals surface area contributed by atoms with Gasteiger partial charge in [-0.25, -0.2) is 4.98 Å². The molecular weight excluding hydrogens is 561 g/mol. The van der Waals surface area contributed by atoms with Crippen LogP contribution in [0, 0.1) is 24.7 Å². The van der Waals surface area contributed by atoms with Crippen molar-refractivity contribution < 1.29 is 27.8 Å². The molecule has 4 fully saturated rings. The molecule has 0 spiro atoms. The van der Waals surface area contributed by atoms with E-state index in [-0.39, 0.29) is 23.2 Å². The molecule has 9 nitrogen and oxygen atoms in total. The van der Waals surface area contributed by atoms with Crippen LogP contribution in [0.5, 0.6) is 5.75 Å². The highest BCUT2D eigenvalue weighted by atomic mass is 19.4. The summed E-state index contributed by atoms with van der Waals surface area (Å²) in [5, 5.41) is 22.8. The average molecular weight is 597 g/mol. The largest absolute Gasteiger partial charge is 0.494 e. The zero-order valence-corrected chi connectivity index (χ0v) is 24.2. The van der Waals surface area contributed by atoms with E-state index in [1.807, 2.05) is 12.1 Å². The van der Waals surface area contributed by atoms with Gasteiger partial charge >= 0.3 is 6.18 Å². The molecule has 5 N–H and O–H groups in total. The molecule has 1 heterocycles. The van der Waals surface area contributed by atoms with Crippen molar-refractivity contribution in [2.24, 2.45) is 17.8 Å². The van der Waals surface area contributed by atoms with Crippen molar-refractivity contribution in [3.63, 3.8) is 0 Å². The number of aromatic nitrogens is 2. The molecule has 12 heteroatoms. The Kier molecular flexibility index (Phi) is 7.35. The second-order valence-corrected chi connectivity index (χ2v) is 12.1. The van der Waals surface area contributed by atoms with Gasteiger partial charge in [0.2, 0.25) is 5.95 Å². The lowest BCUT2D eigenvalue weighted by atomic mass is 9.52. The van der Waals surface area contributed by atoms with Crippen molar-refractivity contribution in [3.05, 3.63) is 59.3 Å². The number of nitrogens with zero attached hydrogens (tertiary/aromatic N) is 2. The van der Waals surface area contributed by atoms with Crippen LogP contribution in [0.2, 0.25) is 0 Å². The quantitative estimate of drug-likeness (QED) is 0.215. The van der Waals surface area contributed by atoms with Gasteiger partial charge in [-0.2, -0.15) is 18.2 Å². The van der Waals surface area contributed by atoms with E-state index in [1.54, 1.807) is 25.1 Å². The number of benzene rings is 2. The van der Waals surface area contributed by atoms with E-state index in [0.29, 0.717) is 41.0 Å². The third-order valence-corrected chi connectivity index (χ3v) is 9.10. The molecule has 0 saturated heterocycles. The maximum atomic E-state index is 14.0. The van der Waals surface area contributed by atoms with Crippen molar-refractivity contribution >= 4 is 34.7 Å². The monoisotopic (exact) mass is 596 g/mol. The molecule has 0 radical (unpaired) electrons. The number of aryl methyl sites for hydroxylation is 1. The number of rotatable bonds is 8. The molecule has 4 aliphatic rings. The molecule has 1 amide bonds. The standard InChI is InChI=1S/C31H35F3N6O3/c1-16-5-4-6-21(28(41)35-2)25(16)39-27-22(31(32,33)34)15-36-29(40-27)38-23-8-7-20(11-24(23)43-3)37-26-18-9-17-10-19(26)14-30(42,12-17)13-18/h4-8,11,15,17-19,26,37,42H,9-10,12-14H2,1-3H3,(H,35,41)(H2,36,38,39,40). The molecule has 0 aliphatic heterocycles. The van der Waals surface area contributed by atoms with Gasteiger partial charge in [0.1, 0.15) is 17.1 Å². The zero-order valence-electron chi connectivity index (χ0n) is 24.2. The van der Waals surface area contributed by atoms with Crippen LogP contribution < -0.4 is 26.0 Å². The first kappa shape index (κ1) is 29.0. The van der Waals surface area contributed by atoms with E-state index in [2.05, 4.69) is 31.2 Å². The van der Waals surface area contributed by atoms with E-state index in [1.165, 1.54) is 20.2 Å². The molecule has 43 heavy (non-hydrogen) atoms. The fourth-order valence-corrected chi connectivity index (χ4v) is 7.43. The molecule has 2 unspecified atom stereocenters. The van der Waals surface area contributed by atoms with E-state index in [9.17, 15) is 23.1 Å². The fraction of sp³-hybridized carbons (Fsp3) is 0.452. The van der Waals surface area contributed by atoms with E-state index in [4.69, 9.17) is 4.74 Å². The number of hydrogen-bond donors (Lipinski definition) is 5. The van der Waals surface area contributed by atoms with Gasteiger partial charge in [-0.05, 0) is 80.5 Å². The van der Waals surface area contributed by atoms with Crippen molar-refractivity contribution in [2.45, 2.75) is 56.8 Å². The van der Waals surface area contributed by atoms with Crippen LogP contribution >= 0.6 is 0 Å². The van der Waals surface area contributed by atoms with Gasteiger partial charge in [-0.1, -0.05) is 12.1 Å². The predicted octanol–water partition coefficient (Wildman–Crippen LogP) is 6.01. The molecule has 2 aromatic carbocycles. The summed E-state index contributed by atoms with van der Waals surface area (Å²) >= 11 is 0.